The Kier molecular flexibility index (Phi) is 5.34. The number of halogens is 1. The molecule has 1 aromatic rings. The fraction of sp³-hybridized carbons (Fsp3) is 0.462. The van der Waals surface area contributed by atoms with Crippen molar-refractivity contribution in [2.45, 2.75) is 32.7 Å². The molecule has 1 aromatic carbocycles. The Balaban J connectivity index is 2.67. The molecule has 0 saturated heterocycles. The quantitative estimate of drug-likeness (QED) is 0.878. The first-order valence-corrected chi connectivity index (χ1v) is 6.38. The molecule has 2 nitrogen and oxygen atoms in total. The molecule has 0 saturated carbocycles. The van der Waals surface area contributed by atoms with Crippen molar-refractivity contribution in [3.63, 3.8) is 0 Å². The van der Waals surface area contributed by atoms with Crippen molar-refractivity contribution in [3.05, 3.63) is 28.7 Å². The summed E-state index contributed by atoms with van der Waals surface area (Å²) < 4.78 is 1.03. The SMILES string of the molecule is CCCC(C)C(C#N)Nc1cccc(Br)c1. The lowest BCUT2D eigenvalue weighted by atomic mass is 9.98. The Morgan fingerprint density at radius 2 is 2.25 bits per heavy atom. The molecular weight excluding hydrogens is 264 g/mol. The fourth-order valence-electron chi connectivity index (χ4n) is 1.68. The average molecular weight is 281 g/mol. The third-order valence-corrected chi connectivity index (χ3v) is 3.09. The monoisotopic (exact) mass is 280 g/mol. The van der Waals surface area contributed by atoms with Crippen LogP contribution in [0.25, 0.3) is 0 Å². The second-order valence-corrected chi connectivity index (χ2v) is 4.94. The molecule has 16 heavy (non-hydrogen) atoms. The van der Waals surface area contributed by atoms with Crippen molar-refractivity contribution < 1.29 is 0 Å². The van der Waals surface area contributed by atoms with Gasteiger partial charge in [0, 0.05) is 10.2 Å². The van der Waals surface area contributed by atoms with Crippen LogP contribution in [0, 0.1) is 17.2 Å². The van der Waals surface area contributed by atoms with Gasteiger partial charge in [0.15, 0.2) is 0 Å². The lowest BCUT2D eigenvalue weighted by Gasteiger charge is -2.19. The molecule has 2 atom stereocenters. The molecule has 0 aliphatic rings. The second kappa shape index (κ2) is 6.55. The van der Waals surface area contributed by atoms with E-state index in [9.17, 15) is 0 Å². The van der Waals surface area contributed by atoms with Crippen LogP contribution in [-0.4, -0.2) is 6.04 Å². The van der Waals surface area contributed by atoms with Crippen LogP contribution in [-0.2, 0) is 0 Å². The van der Waals surface area contributed by atoms with Gasteiger partial charge >= 0.3 is 0 Å². The highest BCUT2D eigenvalue weighted by Gasteiger charge is 2.15. The molecule has 0 spiro atoms. The summed E-state index contributed by atoms with van der Waals surface area (Å²) >= 11 is 3.42. The highest BCUT2D eigenvalue weighted by Crippen LogP contribution is 2.19. The number of nitrogens with zero attached hydrogens (tertiary/aromatic N) is 1. The standard InChI is InChI=1S/C13H17BrN2/c1-3-5-10(2)13(9-15)16-12-7-4-6-11(14)8-12/h4,6-8,10,13,16H,3,5H2,1-2H3. The van der Waals surface area contributed by atoms with E-state index in [2.05, 4.69) is 41.2 Å². The van der Waals surface area contributed by atoms with E-state index in [1.165, 1.54) is 0 Å². The first-order chi connectivity index (χ1) is 7.67. The van der Waals surface area contributed by atoms with Crippen LogP contribution in [0.3, 0.4) is 0 Å². The van der Waals surface area contributed by atoms with Gasteiger partial charge in [-0.3, -0.25) is 0 Å². The van der Waals surface area contributed by atoms with Gasteiger partial charge in [-0.2, -0.15) is 5.26 Å². The van der Waals surface area contributed by atoms with E-state index in [1.54, 1.807) is 0 Å². The molecule has 0 aliphatic heterocycles. The van der Waals surface area contributed by atoms with Gasteiger partial charge < -0.3 is 5.32 Å². The third kappa shape index (κ3) is 3.86. The summed E-state index contributed by atoms with van der Waals surface area (Å²) in [5.41, 5.74) is 0.990. The van der Waals surface area contributed by atoms with E-state index >= 15 is 0 Å². The summed E-state index contributed by atoms with van der Waals surface area (Å²) in [6.45, 7) is 4.26. The first-order valence-electron chi connectivity index (χ1n) is 5.59. The summed E-state index contributed by atoms with van der Waals surface area (Å²) in [6.07, 6.45) is 2.18. The molecule has 0 bridgehead atoms. The van der Waals surface area contributed by atoms with Gasteiger partial charge in [0.05, 0.1) is 6.07 Å². The van der Waals surface area contributed by atoms with Gasteiger partial charge in [-0.1, -0.05) is 42.3 Å². The van der Waals surface area contributed by atoms with E-state index in [4.69, 9.17) is 5.26 Å². The summed E-state index contributed by atoms with van der Waals surface area (Å²) in [5, 5.41) is 12.4. The summed E-state index contributed by atoms with van der Waals surface area (Å²) in [7, 11) is 0. The molecule has 0 radical (unpaired) electrons. The molecule has 0 heterocycles. The van der Waals surface area contributed by atoms with Crippen molar-refractivity contribution in [2.24, 2.45) is 5.92 Å². The van der Waals surface area contributed by atoms with Crippen LogP contribution in [0.1, 0.15) is 26.7 Å². The lowest BCUT2D eigenvalue weighted by Crippen LogP contribution is -2.25. The van der Waals surface area contributed by atoms with Crippen molar-refractivity contribution in [1.29, 1.82) is 5.26 Å². The Morgan fingerprint density at radius 3 is 2.81 bits per heavy atom. The van der Waals surface area contributed by atoms with Crippen LogP contribution < -0.4 is 5.32 Å². The number of nitrogens with one attached hydrogen (secondary N) is 1. The minimum Gasteiger partial charge on any atom is -0.370 e. The van der Waals surface area contributed by atoms with Crippen molar-refractivity contribution in [2.75, 3.05) is 5.32 Å². The molecule has 0 fully saturated rings. The highest BCUT2D eigenvalue weighted by atomic mass is 79.9. The number of anilines is 1. The van der Waals surface area contributed by atoms with Crippen LogP contribution in [0.2, 0.25) is 0 Å². The number of benzene rings is 1. The second-order valence-electron chi connectivity index (χ2n) is 4.03. The first kappa shape index (κ1) is 13.1. The van der Waals surface area contributed by atoms with Gasteiger partial charge in [-0.15, -0.1) is 0 Å². The summed E-state index contributed by atoms with van der Waals surface area (Å²) in [6, 6.07) is 10.1. The average Bonchev–Trinajstić information content (AvgIpc) is 2.26. The fourth-order valence-corrected chi connectivity index (χ4v) is 2.08. The number of rotatable bonds is 5. The summed E-state index contributed by atoms with van der Waals surface area (Å²) in [4.78, 5) is 0. The van der Waals surface area contributed by atoms with Gasteiger partial charge in [0.2, 0.25) is 0 Å². The Hall–Kier alpha value is -1.01. The zero-order chi connectivity index (χ0) is 12.0. The Labute approximate surface area is 106 Å². The van der Waals surface area contributed by atoms with Gasteiger partial charge in [-0.25, -0.2) is 0 Å². The maximum absolute atomic E-state index is 9.13. The predicted molar refractivity (Wildman–Crippen MR) is 71.2 cm³/mol. The van der Waals surface area contributed by atoms with Crippen LogP contribution in [0.15, 0.2) is 28.7 Å². The minimum atomic E-state index is -0.116. The van der Waals surface area contributed by atoms with E-state index in [0.29, 0.717) is 5.92 Å². The molecule has 2 unspecified atom stereocenters. The topological polar surface area (TPSA) is 35.8 Å². The molecule has 3 heteroatoms. The minimum absolute atomic E-state index is 0.116. The molecule has 0 aliphatic carbocycles. The lowest BCUT2D eigenvalue weighted by molar-refractivity contribution is 0.500. The zero-order valence-electron chi connectivity index (χ0n) is 9.70. The molecule has 0 amide bonds. The number of hydrogen-bond donors (Lipinski definition) is 1. The number of hydrogen-bond acceptors (Lipinski definition) is 2. The van der Waals surface area contributed by atoms with E-state index in [0.717, 1.165) is 23.0 Å². The number of nitriles is 1. The molecule has 86 valence electrons. The highest BCUT2D eigenvalue weighted by molar-refractivity contribution is 9.10. The van der Waals surface area contributed by atoms with Crippen LogP contribution >= 0.6 is 15.9 Å². The van der Waals surface area contributed by atoms with Crippen molar-refractivity contribution in [3.8, 4) is 6.07 Å². The third-order valence-electron chi connectivity index (χ3n) is 2.60. The van der Waals surface area contributed by atoms with Gasteiger partial charge in [-0.05, 0) is 30.5 Å². The van der Waals surface area contributed by atoms with Crippen molar-refractivity contribution >= 4 is 21.6 Å². The Morgan fingerprint density at radius 1 is 1.50 bits per heavy atom. The predicted octanol–water partition coefficient (Wildman–Crippen LogP) is 4.19. The van der Waals surface area contributed by atoms with Gasteiger partial charge in [0.25, 0.3) is 0 Å². The summed E-state index contributed by atoms with van der Waals surface area (Å²) in [5.74, 6) is 0.369. The Bertz CT molecular complexity index is 370. The van der Waals surface area contributed by atoms with E-state index in [1.807, 2.05) is 24.3 Å². The van der Waals surface area contributed by atoms with Crippen LogP contribution in [0.4, 0.5) is 5.69 Å². The molecule has 1 rings (SSSR count). The largest absolute Gasteiger partial charge is 0.370 e. The normalized spacial score (nSPS) is 13.9. The van der Waals surface area contributed by atoms with Crippen LogP contribution in [0.5, 0.6) is 0 Å². The maximum atomic E-state index is 9.13. The van der Waals surface area contributed by atoms with Gasteiger partial charge in [0.1, 0.15) is 6.04 Å². The zero-order valence-corrected chi connectivity index (χ0v) is 11.3. The van der Waals surface area contributed by atoms with E-state index in [-0.39, 0.29) is 6.04 Å². The molecular formula is C13H17BrN2. The van der Waals surface area contributed by atoms with E-state index < -0.39 is 0 Å². The smallest absolute Gasteiger partial charge is 0.117 e. The molecule has 1 N–H and O–H groups in total. The van der Waals surface area contributed by atoms with Crippen molar-refractivity contribution in [1.82, 2.24) is 0 Å². The molecule has 0 aromatic heterocycles. The maximum Gasteiger partial charge on any atom is 0.117 e.